The van der Waals surface area contributed by atoms with E-state index in [0.717, 1.165) is 30.8 Å². The standard InChI is InChI=1S/C13H20N2O/c1-2-11-8-9-12(16-11)13(15-14)10-6-4-3-5-7-10/h6,8-9,13,15H,2-5,7,14H2,1H3. The van der Waals surface area contributed by atoms with E-state index in [0.29, 0.717) is 0 Å². The van der Waals surface area contributed by atoms with E-state index in [9.17, 15) is 0 Å². The molecule has 1 aliphatic rings. The van der Waals surface area contributed by atoms with Gasteiger partial charge in [-0.3, -0.25) is 5.84 Å². The molecule has 1 unspecified atom stereocenters. The first-order valence-corrected chi connectivity index (χ1v) is 6.08. The van der Waals surface area contributed by atoms with Gasteiger partial charge in [0, 0.05) is 6.42 Å². The van der Waals surface area contributed by atoms with Gasteiger partial charge in [0.15, 0.2) is 0 Å². The molecular weight excluding hydrogens is 200 g/mol. The van der Waals surface area contributed by atoms with E-state index in [-0.39, 0.29) is 6.04 Å². The summed E-state index contributed by atoms with van der Waals surface area (Å²) in [5.74, 6) is 7.59. The molecule has 3 N–H and O–H groups in total. The molecule has 88 valence electrons. The van der Waals surface area contributed by atoms with E-state index in [4.69, 9.17) is 10.3 Å². The van der Waals surface area contributed by atoms with Gasteiger partial charge in [-0.1, -0.05) is 13.0 Å². The van der Waals surface area contributed by atoms with Gasteiger partial charge in [0.05, 0.1) is 6.04 Å². The third-order valence-electron chi connectivity index (χ3n) is 3.18. The van der Waals surface area contributed by atoms with Crippen LogP contribution in [0.1, 0.15) is 50.2 Å². The Labute approximate surface area is 96.7 Å². The molecular formula is C13H20N2O. The van der Waals surface area contributed by atoms with Crippen molar-refractivity contribution in [3.05, 3.63) is 35.3 Å². The number of aryl methyl sites for hydroxylation is 1. The van der Waals surface area contributed by atoms with Crippen LogP contribution < -0.4 is 11.3 Å². The van der Waals surface area contributed by atoms with Crippen molar-refractivity contribution in [2.45, 2.75) is 45.1 Å². The molecule has 0 fully saturated rings. The van der Waals surface area contributed by atoms with Crippen molar-refractivity contribution in [3.63, 3.8) is 0 Å². The second-order valence-corrected chi connectivity index (χ2v) is 4.28. The zero-order chi connectivity index (χ0) is 11.4. The highest BCUT2D eigenvalue weighted by Gasteiger charge is 2.19. The van der Waals surface area contributed by atoms with Crippen LogP contribution in [0, 0.1) is 0 Å². The molecule has 0 bridgehead atoms. The van der Waals surface area contributed by atoms with E-state index in [1.54, 1.807) is 0 Å². The molecule has 2 rings (SSSR count). The van der Waals surface area contributed by atoms with Gasteiger partial charge in [-0.2, -0.15) is 0 Å². The van der Waals surface area contributed by atoms with Crippen LogP contribution in [0.3, 0.4) is 0 Å². The van der Waals surface area contributed by atoms with E-state index in [1.165, 1.54) is 18.4 Å². The average molecular weight is 220 g/mol. The normalized spacial score (nSPS) is 18.2. The Bertz CT molecular complexity index is 368. The number of rotatable bonds is 4. The van der Waals surface area contributed by atoms with Crippen LogP contribution in [0.15, 0.2) is 28.2 Å². The number of hydrogen-bond acceptors (Lipinski definition) is 3. The Balaban J connectivity index is 2.17. The lowest BCUT2D eigenvalue weighted by molar-refractivity contribution is 0.413. The van der Waals surface area contributed by atoms with Gasteiger partial charge in [0.1, 0.15) is 11.5 Å². The van der Waals surface area contributed by atoms with Crippen LogP contribution in [0.5, 0.6) is 0 Å². The van der Waals surface area contributed by atoms with Crippen molar-refractivity contribution < 1.29 is 4.42 Å². The first-order chi connectivity index (χ1) is 7.85. The third kappa shape index (κ3) is 2.36. The molecule has 0 radical (unpaired) electrons. The minimum absolute atomic E-state index is 0.0561. The number of hydrazine groups is 1. The van der Waals surface area contributed by atoms with Crippen LogP contribution in [0.2, 0.25) is 0 Å². The van der Waals surface area contributed by atoms with Gasteiger partial charge in [-0.25, -0.2) is 5.43 Å². The van der Waals surface area contributed by atoms with Crippen LogP contribution in [-0.2, 0) is 6.42 Å². The number of furan rings is 1. The fourth-order valence-electron chi connectivity index (χ4n) is 2.24. The Kier molecular flexibility index (Phi) is 3.80. The van der Waals surface area contributed by atoms with Gasteiger partial charge in [0.2, 0.25) is 0 Å². The summed E-state index contributed by atoms with van der Waals surface area (Å²) in [6.45, 7) is 2.09. The highest BCUT2D eigenvalue weighted by atomic mass is 16.3. The molecule has 1 aromatic heterocycles. The summed E-state index contributed by atoms with van der Waals surface area (Å²) in [4.78, 5) is 0. The van der Waals surface area contributed by atoms with E-state index in [2.05, 4.69) is 18.4 Å². The molecule has 0 aromatic carbocycles. The molecule has 0 aliphatic heterocycles. The first-order valence-electron chi connectivity index (χ1n) is 6.08. The van der Waals surface area contributed by atoms with Crippen molar-refractivity contribution >= 4 is 0 Å². The van der Waals surface area contributed by atoms with Crippen LogP contribution in [-0.4, -0.2) is 0 Å². The Hall–Kier alpha value is -1.06. The average Bonchev–Trinajstić information content (AvgIpc) is 2.80. The molecule has 1 heterocycles. The number of allylic oxidation sites excluding steroid dienone is 1. The van der Waals surface area contributed by atoms with Crippen LogP contribution in [0.25, 0.3) is 0 Å². The second kappa shape index (κ2) is 5.32. The molecule has 0 saturated heterocycles. The predicted octanol–water partition coefficient (Wildman–Crippen LogP) is 2.85. The van der Waals surface area contributed by atoms with Gasteiger partial charge >= 0.3 is 0 Å². The largest absolute Gasteiger partial charge is 0.464 e. The van der Waals surface area contributed by atoms with Crippen molar-refractivity contribution in [2.75, 3.05) is 0 Å². The maximum atomic E-state index is 5.76. The predicted molar refractivity (Wildman–Crippen MR) is 64.7 cm³/mol. The summed E-state index contributed by atoms with van der Waals surface area (Å²) in [5, 5.41) is 0. The van der Waals surface area contributed by atoms with E-state index < -0.39 is 0 Å². The first kappa shape index (κ1) is 11.4. The summed E-state index contributed by atoms with van der Waals surface area (Å²) in [5.41, 5.74) is 4.23. The SMILES string of the molecule is CCc1ccc(C(NN)C2=CCCCC2)o1. The van der Waals surface area contributed by atoms with Crippen molar-refractivity contribution in [2.24, 2.45) is 5.84 Å². The Morgan fingerprint density at radius 3 is 2.88 bits per heavy atom. The zero-order valence-corrected chi connectivity index (χ0v) is 9.83. The van der Waals surface area contributed by atoms with E-state index >= 15 is 0 Å². The number of nitrogens with one attached hydrogen (secondary N) is 1. The topological polar surface area (TPSA) is 51.2 Å². The minimum Gasteiger partial charge on any atom is -0.464 e. The Morgan fingerprint density at radius 1 is 1.44 bits per heavy atom. The molecule has 3 nitrogen and oxygen atoms in total. The molecule has 1 aliphatic carbocycles. The summed E-state index contributed by atoms with van der Waals surface area (Å²) in [7, 11) is 0. The molecule has 0 spiro atoms. The van der Waals surface area contributed by atoms with Crippen LogP contribution >= 0.6 is 0 Å². The minimum atomic E-state index is 0.0561. The zero-order valence-electron chi connectivity index (χ0n) is 9.83. The summed E-state index contributed by atoms with van der Waals surface area (Å²) in [6.07, 6.45) is 8.05. The van der Waals surface area contributed by atoms with E-state index in [1.807, 2.05) is 12.1 Å². The van der Waals surface area contributed by atoms with Gasteiger partial charge in [-0.05, 0) is 43.4 Å². The van der Waals surface area contributed by atoms with Crippen molar-refractivity contribution in [1.29, 1.82) is 0 Å². The molecule has 16 heavy (non-hydrogen) atoms. The third-order valence-corrected chi connectivity index (χ3v) is 3.18. The van der Waals surface area contributed by atoms with Crippen molar-refractivity contribution in [1.82, 2.24) is 5.43 Å². The van der Waals surface area contributed by atoms with Gasteiger partial charge in [-0.15, -0.1) is 0 Å². The molecule has 0 amide bonds. The smallest absolute Gasteiger partial charge is 0.126 e. The van der Waals surface area contributed by atoms with Gasteiger partial charge < -0.3 is 4.42 Å². The maximum absolute atomic E-state index is 5.76. The highest BCUT2D eigenvalue weighted by molar-refractivity contribution is 5.23. The molecule has 1 atom stereocenters. The van der Waals surface area contributed by atoms with Crippen LogP contribution in [0.4, 0.5) is 0 Å². The molecule has 3 heteroatoms. The Morgan fingerprint density at radius 2 is 2.31 bits per heavy atom. The van der Waals surface area contributed by atoms with Gasteiger partial charge in [0.25, 0.3) is 0 Å². The summed E-state index contributed by atoms with van der Waals surface area (Å²) >= 11 is 0. The summed E-state index contributed by atoms with van der Waals surface area (Å²) < 4.78 is 5.76. The fraction of sp³-hybridized carbons (Fsp3) is 0.538. The van der Waals surface area contributed by atoms with Crippen molar-refractivity contribution in [3.8, 4) is 0 Å². The fourth-order valence-corrected chi connectivity index (χ4v) is 2.24. The summed E-state index contributed by atoms with van der Waals surface area (Å²) in [6, 6.07) is 4.11. The lowest BCUT2D eigenvalue weighted by atomic mass is 9.93. The maximum Gasteiger partial charge on any atom is 0.126 e. The quantitative estimate of drug-likeness (QED) is 0.466. The molecule has 1 aromatic rings. The highest BCUT2D eigenvalue weighted by Crippen LogP contribution is 2.30. The number of nitrogens with two attached hydrogens (primary N) is 1. The lowest BCUT2D eigenvalue weighted by Gasteiger charge is -2.20. The molecule has 0 saturated carbocycles. The lowest BCUT2D eigenvalue weighted by Crippen LogP contribution is -2.29. The monoisotopic (exact) mass is 220 g/mol. The number of hydrogen-bond donors (Lipinski definition) is 2. The second-order valence-electron chi connectivity index (χ2n) is 4.28.